The number of aromatic nitrogens is 4. The number of amides is 1. The van der Waals surface area contributed by atoms with Gasteiger partial charge in [0, 0.05) is 17.6 Å². The van der Waals surface area contributed by atoms with Crippen molar-refractivity contribution in [2.24, 2.45) is 0 Å². The van der Waals surface area contributed by atoms with E-state index >= 15 is 0 Å². The molecule has 0 aliphatic heterocycles. The van der Waals surface area contributed by atoms with Crippen molar-refractivity contribution in [2.45, 2.75) is 51.4 Å². The van der Waals surface area contributed by atoms with Crippen LogP contribution in [0.2, 0.25) is 5.02 Å². The maximum Gasteiger partial charge on any atom is 0.262 e. The van der Waals surface area contributed by atoms with Gasteiger partial charge in [-0.25, -0.2) is 0 Å². The third-order valence-corrected chi connectivity index (χ3v) is 5.50. The Kier molecular flexibility index (Phi) is 6.06. The molecule has 0 radical (unpaired) electrons. The zero-order valence-electron chi connectivity index (χ0n) is 15.5. The van der Waals surface area contributed by atoms with E-state index in [2.05, 4.69) is 15.5 Å². The van der Waals surface area contributed by atoms with Gasteiger partial charge < -0.3 is 5.32 Å². The molecule has 2 heterocycles. The lowest BCUT2D eigenvalue weighted by molar-refractivity contribution is -0.119. The summed E-state index contributed by atoms with van der Waals surface area (Å²) >= 11 is 7.40. The van der Waals surface area contributed by atoms with Gasteiger partial charge in [0.2, 0.25) is 11.7 Å². The monoisotopic (exact) mass is 407 g/mol. The first kappa shape index (κ1) is 19.7. The Morgan fingerprint density at radius 3 is 2.81 bits per heavy atom. The van der Waals surface area contributed by atoms with Crippen LogP contribution in [-0.4, -0.2) is 36.9 Å². The number of aryl methyl sites for hydroxylation is 1. The molecule has 1 N–H and O–H groups in total. The third-order valence-electron chi connectivity index (χ3n) is 4.33. The average Bonchev–Trinajstić information content (AvgIpc) is 3.07. The first-order valence-electron chi connectivity index (χ1n) is 8.95. The highest BCUT2D eigenvalue weighted by atomic mass is 35.5. The van der Waals surface area contributed by atoms with E-state index in [4.69, 9.17) is 11.6 Å². The fraction of sp³-hybridized carbons (Fsp3) is 0.444. The Morgan fingerprint density at radius 2 is 2.11 bits per heavy atom. The molecule has 0 bridgehead atoms. The molecule has 3 rings (SSSR count). The number of benzene rings is 1. The van der Waals surface area contributed by atoms with Crippen LogP contribution < -0.4 is 10.9 Å². The van der Waals surface area contributed by atoms with Crippen LogP contribution in [0.4, 0.5) is 0 Å². The molecule has 1 atom stereocenters. The molecule has 1 unspecified atom stereocenters. The second kappa shape index (κ2) is 8.31. The Bertz CT molecular complexity index is 1050. The van der Waals surface area contributed by atoms with Crippen molar-refractivity contribution in [1.82, 2.24) is 24.5 Å². The molecule has 3 aromatic rings. The lowest BCUT2D eigenvalue weighted by Gasteiger charge is -2.12. The van der Waals surface area contributed by atoms with E-state index < -0.39 is 0 Å². The Morgan fingerprint density at radius 1 is 1.33 bits per heavy atom. The van der Waals surface area contributed by atoms with Gasteiger partial charge in [0.25, 0.3) is 5.56 Å². The van der Waals surface area contributed by atoms with Crippen LogP contribution in [0.3, 0.4) is 0 Å². The van der Waals surface area contributed by atoms with Gasteiger partial charge in [-0.2, -0.15) is 0 Å². The summed E-state index contributed by atoms with van der Waals surface area (Å²) < 4.78 is 3.43. The summed E-state index contributed by atoms with van der Waals surface area (Å²) in [5.74, 6) is 0.648. The van der Waals surface area contributed by atoms with Crippen molar-refractivity contribution in [3.05, 3.63) is 33.6 Å². The summed E-state index contributed by atoms with van der Waals surface area (Å²) in [6.07, 6.45) is 1.66. The fourth-order valence-corrected chi connectivity index (χ4v) is 3.75. The van der Waals surface area contributed by atoms with Gasteiger partial charge in [0.15, 0.2) is 5.16 Å². The third kappa shape index (κ3) is 3.96. The van der Waals surface area contributed by atoms with E-state index in [1.807, 2.05) is 25.2 Å². The molecule has 2 aromatic heterocycles. The molecule has 0 aliphatic rings. The van der Waals surface area contributed by atoms with Crippen molar-refractivity contribution in [2.75, 3.05) is 5.75 Å². The topological polar surface area (TPSA) is 81.3 Å². The largest absolute Gasteiger partial charge is 0.353 e. The van der Waals surface area contributed by atoms with Crippen LogP contribution in [-0.2, 0) is 11.3 Å². The fourth-order valence-electron chi connectivity index (χ4n) is 2.83. The van der Waals surface area contributed by atoms with E-state index in [0.29, 0.717) is 33.4 Å². The summed E-state index contributed by atoms with van der Waals surface area (Å²) in [5, 5.41) is 13.0. The van der Waals surface area contributed by atoms with Crippen molar-refractivity contribution in [3.63, 3.8) is 0 Å². The zero-order valence-corrected chi connectivity index (χ0v) is 17.1. The maximum atomic E-state index is 12.9. The molecular formula is C18H22ClN5O2S. The number of hydrogen-bond donors (Lipinski definition) is 1. The molecule has 0 saturated heterocycles. The Balaban J connectivity index is 2.06. The second-order valence-corrected chi connectivity index (χ2v) is 7.78. The lowest BCUT2D eigenvalue weighted by Crippen LogP contribution is -2.33. The number of carbonyl (C=O) groups is 1. The molecule has 144 valence electrons. The van der Waals surface area contributed by atoms with Crippen LogP contribution in [0.5, 0.6) is 0 Å². The molecule has 1 aromatic carbocycles. The first-order chi connectivity index (χ1) is 13.0. The van der Waals surface area contributed by atoms with Gasteiger partial charge >= 0.3 is 0 Å². The smallest absolute Gasteiger partial charge is 0.262 e. The minimum atomic E-state index is -0.139. The molecule has 7 nitrogen and oxygen atoms in total. The van der Waals surface area contributed by atoms with Gasteiger partial charge in [-0.05, 0) is 38.0 Å². The summed E-state index contributed by atoms with van der Waals surface area (Å²) in [6, 6.07) is 5.31. The molecule has 0 saturated carbocycles. The molecular weight excluding hydrogens is 386 g/mol. The van der Waals surface area contributed by atoms with Gasteiger partial charge in [0.05, 0.1) is 16.7 Å². The van der Waals surface area contributed by atoms with Crippen LogP contribution in [0.15, 0.2) is 28.2 Å². The minimum Gasteiger partial charge on any atom is -0.353 e. The zero-order chi connectivity index (χ0) is 19.6. The van der Waals surface area contributed by atoms with Crippen molar-refractivity contribution in [1.29, 1.82) is 0 Å². The summed E-state index contributed by atoms with van der Waals surface area (Å²) in [7, 11) is 0. The van der Waals surface area contributed by atoms with Gasteiger partial charge in [-0.1, -0.05) is 37.2 Å². The predicted octanol–water partition coefficient (Wildman–Crippen LogP) is 3.11. The van der Waals surface area contributed by atoms with Gasteiger partial charge in [0.1, 0.15) is 0 Å². The highest BCUT2D eigenvalue weighted by molar-refractivity contribution is 7.99. The maximum absolute atomic E-state index is 12.9. The minimum absolute atomic E-state index is 0.0553. The van der Waals surface area contributed by atoms with E-state index in [-0.39, 0.29) is 23.3 Å². The predicted molar refractivity (Wildman–Crippen MR) is 109 cm³/mol. The average molecular weight is 408 g/mol. The summed E-state index contributed by atoms with van der Waals surface area (Å²) in [5.41, 5.74) is 0.543. The molecule has 9 heteroatoms. The Labute approximate surface area is 166 Å². The van der Waals surface area contributed by atoms with Crippen LogP contribution in [0, 0.1) is 0 Å². The molecule has 1 amide bonds. The second-order valence-electron chi connectivity index (χ2n) is 6.40. The van der Waals surface area contributed by atoms with Gasteiger partial charge in [-0.3, -0.25) is 18.6 Å². The number of halogens is 1. The van der Waals surface area contributed by atoms with E-state index in [1.54, 1.807) is 22.8 Å². The molecule has 0 fully saturated rings. The number of thioether (sulfide) groups is 1. The number of rotatable bonds is 7. The van der Waals surface area contributed by atoms with Gasteiger partial charge in [-0.15, -0.1) is 10.2 Å². The number of carbonyl (C=O) groups excluding carboxylic acids is 1. The van der Waals surface area contributed by atoms with Crippen LogP contribution in [0.1, 0.15) is 33.6 Å². The normalized spacial score (nSPS) is 12.6. The van der Waals surface area contributed by atoms with Crippen LogP contribution in [0.25, 0.3) is 16.7 Å². The molecule has 27 heavy (non-hydrogen) atoms. The molecule has 0 spiro atoms. The van der Waals surface area contributed by atoms with Crippen molar-refractivity contribution < 1.29 is 4.79 Å². The quantitative estimate of drug-likeness (QED) is 0.608. The number of hydrogen-bond acceptors (Lipinski definition) is 5. The number of nitrogens with zero attached hydrogens (tertiary/aromatic N) is 4. The van der Waals surface area contributed by atoms with Crippen molar-refractivity contribution >= 4 is 46.0 Å². The summed E-state index contributed by atoms with van der Waals surface area (Å²) in [6.45, 7) is 6.52. The number of nitrogens with one attached hydrogen (secondary N) is 1. The first-order valence-corrected chi connectivity index (χ1v) is 10.3. The van der Waals surface area contributed by atoms with Crippen LogP contribution >= 0.6 is 23.4 Å². The lowest BCUT2D eigenvalue weighted by atomic mass is 10.2. The standard InChI is InChI=1S/C18H22ClN5O2S/c1-4-8-23-16(26)13-9-12(19)6-7-14(13)24-17(23)21-22-18(24)27-10-15(25)20-11(3)5-2/h6-7,9,11H,4-5,8,10H2,1-3H3,(H,20,25). The van der Waals surface area contributed by atoms with Crippen molar-refractivity contribution in [3.8, 4) is 0 Å². The highest BCUT2D eigenvalue weighted by Gasteiger charge is 2.18. The Hall–Kier alpha value is -2.06. The van der Waals surface area contributed by atoms with E-state index in [1.165, 1.54) is 11.8 Å². The summed E-state index contributed by atoms with van der Waals surface area (Å²) in [4.78, 5) is 25.0. The molecule has 0 aliphatic carbocycles. The SMILES string of the molecule is CCCn1c(=O)c2cc(Cl)ccc2n2c(SCC(=O)NC(C)CC)nnc12. The van der Waals surface area contributed by atoms with E-state index in [9.17, 15) is 9.59 Å². The highest BCUT2D eigenvalue weighted by Crippen LogP contribution is 2.23. The number of fused-ring (bicyclic) bond motifs is 3. The van der Waals surface area contributed by atoms with E-state index in [0.717, 1.165) is 12.8 Å².